The Kier molecular flexibility index (Phi) is 5.30. The number of likely N-dealkylation sites (N-methyl/N-ethyl adjacent to an activating group) is 1. The number of amides is 1. The molecule has 1 aromatic carbocycles. The van der Waals surface area contributed by atoms with Crippen LogP contribution in [0.1, 0.15) is 41.0 Å². The molecule has 1 heterocycles. The van der Waals surface area contributed by atoms with E-state index in [0.717, 1.165) is 36.9 Å². The molecule has 0 aliphatic heterocycles. The Morgan fingerprint density at radius 1 is 1.21 bits per heavy atom. The third kappa shape index (κ3) is 3.36. The second kappa shape index (κ2) is 7.62. The zero-order valence-electron chi connectivity index (χ0n) is 14.5. The summed E-state index contributed by atoms with van der Waals surface area (Å²) in [5.41, 5.74) is 3.96. The van der Waals surface area contributed by atoms with Crippen molar-refractivity contribution in [3.05, 3.63) is 47.3 Å². The molecule has 24 heavy (non-hydrogen) atoms. The Morgan fingerprint density at radius 3 is 2.71 bits per heavy atom. The lowest BCUT2D eigenvalue weighted by molar-refractivity contribution is 0.0737. The third-order valence-corrected chi connectivity index (χ3v) is 4.61. The van der Waals surface area contributed by atoms with Gasteiger partial charge in [0.1, 0.15) is 0 Å². The lowest BCUT2D eigenvalue weighted by atomic mass is 10.1. The number of nitrogens with zero attached hydrogens (tertiary/aromatic N) is 3. The summed E-state index contributed by atoms with van der Waals surface area (Å²) in [6.07, 6.45) is 5.39. The number of para-hydroxylation sites is 1. The van der Waals surface area contributed by atoms with Crippen LogP contribution in [0.15, 0.2) is 30.3 Å². The monoisotopic (exact) mass is 327 g/mol. The van der Waals surface area contributed by atoms with Gasteiger partial charge >= 0.3 is 0 Å². The highest BCUT2D eigenvalue weighted by Gasteiger charge is 2.26. The van der Waals surface area contributed by atoms with E-state index in [1.54, 1.807) is 12.0 Å². The first-order valence-electron chi connectivity index (χ1n) is 8.63. The first-order valence-corrected chi connectivity index (χ1v) is 8.63. The van der Waals surface area contributed by atoms with Crippen molar-refractivity contribution in [2.24, 2.45) is 0 Å². The standard InChI is InChI=1S/C19H25N3O2/c1-21(13-14-24-2)19(23)18-16-11-7-4-8-12-17(16)22(20-18)15-9-5-3-6-10-15/h3,5-6,9-10H,4,7-8,11-14H2,1-2H3. The predicted molar refractivity (Wildman–Crippen MR) is 93.7 cm³/mol. The van der Waals surface area contributed by atoms with E-state index in [2.05, 4.69) is 0 Å². The Morgan fingerprint density at radius 2 is 1.96 bits per heavy atom. The number of carbonyl (C=O) groups excluding carboxylic acids is 1. The van der Waals surface area contributed by atoms with Crippen LogP contribution >= 0.6 is 0 Å². The van der Waals surface area contributed by atoms with Crippen LogP contribution in [0.25, 0.3) is 5.69 Å². The summed E-state index contributed by atoms with van der Waals surface area (Å²) in [5, 5.41) is 4.72. The number of aromatic nitrogens is 2. The summed E-state index contributed by atoms with van der Waals surface area (Å²) >= 11 is 0. The van der Waals surface area contributed by atoms with Crippen LogP contribution in [0, 0.1) is 0 Å². The number of carbonyl (C=O) groups is 1. The van der Waals surface area contributed by atoms with E-state index >= 15 is 0 Å². The zero-order valence-corrected chi connectivity index (χ0v) is 14.5. The Bertz CT molecular complexity index is 694. The number of methoxy groups -OCH3 is 1. The average molecular weight is 327 g/mol. The van der Waals surface area contributed by atoms with Crippen LogP contribution in [-0.2, 0) is 17.6 Å². The Hall–Kier alpha value is -2.14. The van der Waals surface area contributed by atoms with E-state index in [0.29, 0.717) is 18.8 Å². The predicted octanol–water partition coefficient (Wildman–Crippen LogP) is 2.86. The van der Waals surface area contributed by atoms with Gasteiger partial charge in [-0.05, 0) is 37.8 Å². The van der Waals surface area contributed by atoms with Gasteiger partial charge in [-0.15, -0.1) is 0 Å². The molecule has 0 N–H and O–H groups in total. The van der Waals surface area contributed by atoms with E-state index in [-0.39, 0.29) is 5.91 Å². The maximum atomic E-state index is 12.9. The maximum Gasteiger partial charge on any atom is 0.274 e. The van der Waals surface area contributed by atoms with Gasteiger partial charge in [0.2, 0.25) is 0 Å². The molecule has 3 rings (SSSR count). The quantitative estimate of drug-likeness (QED) is 0.793. The van der Waals surface area contributed by atoms with Crippen molar-refractivity contribution in [1.82, 2.24) is 14.7 Å². The van der Waals surface area contributed by atoms with Crippen molar-refractivity contribution in [1.29, 1.82) is 0 Å². The van der Waals surface area contributed by atoms with E-state index in [9.17, 15) is 4.79 Å². The van der Waals surface area contributed by atoms with Gasteiger partial charge in [-0.2, -0.15) is 5.10 Å². The third-order valence-electron chi connectivity index (χ3n) is 4.61. The lowest BCUT2D eigenvalue weighted by Crippen LogP contribution is -2.31. The number of ether oxygens (including phenoxy) is 1. The fourth-order valence-corrected chi connectivity index (χ4v) is 3.24. The van der Waals surface area contributed by atoms with Gasteiger partial charge in [-0.3, -0.25) is 4.79 Å². The molecule has 2 aromatic rings. The highest BCUT2D eigenvalue weighted by molar-refractivity contribution is 5.94. The summed E-state index contributed by atoms with van der Waals surface area (Å²) in [5.74, 6) is -0.0140. The van der Waals surface area contributed by atoms with Crippen LogP contribution < -0.4 is 0 Å². The summed E-state index contributed by atoms with van der Waals surface area (Å²) in [6.45, 7) is 1.10. The second-order valence-corrected chi connectivity index (χ2v) is 6.30. The van der Waals surface area contributed by atoms with Crippen molar-refractivity contribution < 1.29 is 9.53 Å². The Labute approximate surface area is 143 Å². The fraction of sp³-hybridized carbons (Fsp3) is 0.474. The highest BCUT2D eigenvalue weighted by Crippen LogP contribution is 2.27. The number of hydrogen-bond donors (Lipinski definition) is 0. The second-order valence-electron chi connectivity index (χ2n) is 6.30. The van der Waals surface area contributed by atoms with Gasteiger partial charge < -0.3 is 9.64 Å². The van der Waals surface area contributed by atoms with E-state index < -0.39 is 0 Å². The molecule has 0 fully saturated rings. The fourth-order valence-electron chi connectivity index (χ4n) is 3.24. The normalized spacial score (nSPS) is 14.1. The molecule has 0 unspecified atom stereocenters. The Balaban J connectivity index is 2.00. The van der Waals surface area contributed by atoms with Gasteiger partial charge in [-0.25, -0.2) is 4.68 Å². The smallest absolute Gasteiger partial charge is 0.274 e. The average Bonchev–Trinajstić information content (AvgIpc) is 2.80. The number of benzene rings is 1. The van der Waals surface area contributed by atoms with Crippen LogP contribution in [-0.4, -0.2) is 47.9 Å². The van der Waals surface area contributed by atoms with Crippen molar-refractivity contribution in [3.8, 4) is 5.69 Å². The minimum Gasteiger partial charge on any atom is -0.383 e. The molecule has 1 aromatic heterocycles. The van der Waals surface area contributed by atoms with Crippen LogP contribution in [0.3, 0.4) is 0 Å². The lowest BCUT2D eigenvalue weighted by Gasteiger charge is -2.15. The molecule has 0 bridgehead atoms. The molecule has 0 saturated heterocycles. The van der Waals surface area contributed by atoms with Crippen molar-refractivity contribution in [3.63, 3.8) is 0 Å². The van der Waals surface area contributed by atoms with E-state index in [1.165, 1.54) is 12.1 Å². The largest absolute Gasteiger partial charge is 0.383 e. The zero-order chi connectivity index (χ0) is 16.9. The SMILES string of the molecule is COCCN(C)C(=O)c1nn(-c2ccccc2)c2c1CCCCC2. The maximum absolute atomic E-state index is 12.9. The molecule has 1 aliphatic carbocycles. The summed E-state index contributed by atoms with van der Waals surface area (Å²) < 4.78 is 7.06. The van der Waals surface area contributed by atoms with E-state index in [4.69, 9.17) is 9.84 Å². The molecular weight excluding hydrogens is 302 g/mol. The summed E-state index contributed by atoms with van der Waals surface area (Å²) in [4.78, 5) is 14.6. The van der Waals surface area contributed by atoms with Crippen molar-refractivity contribution in [2.75, 3.05) is 27.3 Å². The molecule has 5 heteroatoms. The minimum atomic E-state index is -0.0140. The van der Waals surface area contributed by atoms with E-state index in [1.807, 2.05) is 42.1 Å². The van der Waals surface area contributed by atoms with Gasteiger partial charge in [0.25, 0.3) is 5.91 Å². The number of fused-ring (bicyclic) bond motifs is 1. The first kappa shape index (κ1) is 16.7. The molecular formula is C19H25N3O2. The molecule has 1 amide bonds. The van der Waals surface area contributed by atoms with Crippen LogP contribution in [0.2, 0.25) is 0 Å². The van der Waals surface area contributed by atoms with Gasteiger partial charge in [0.15, 0.2) is 5.69 Å². The number of rotatable bonds is 5. The molecule has 128 valence electrons. The molecule has 1 aliphatic rings. The van der Waals surface area contributed by atoms with Crippen molar-refractivity contribution in [2.45, 2.75) is 32.1 Å². The van der Waals surface area contributed by atoms with Gasteiger partial charge in [0.05, 0.1) is 12.3 Å². The first-order chi connectivity index (χ1) is 11.7. The van der Waals surface area contributed by atoms with Crippen LogP contribution in [0.4, 0.5) is 0 Å². The molecule has 0 atom stereocenters. The molecule has 5 nitrogen and oxygen atoms in total. The van der Waals surface area contributed by atoms with Gasteiger partial charge in [-0.1, -0.05) is 24.6 Å². The highest BCUT2D eigenvalue weighted by atomic mass is 16.5. The summed E-state index contributed by atoms with van der Waals surface area (Å²) in [6, 6.07) is 10.1. The topological polar surface area (TPSA) is 47.4 Å². The molecule has 0 spiro atoms. The molecule has 0 saturated carbocycles. The van der Waals surface area contributed by atoms with Gasteiger partial charge in [0, 0.05) is 32.0 Å². The summed E-state index contributed by atoms with van der Waals surface area (Å²) in [7, 11) is 3.46. The minimum absolute atomic E-state index is 0.0140. The van der Waals surface area contributed by atoms with Crippen molar-refractivity contribution >= 4 is 5.91 Å². The molecule has 0 radical (unpaired) electrons. The van der Waals surface area contributed by atoms with Crippen LogP contribution in [0.5, 0.6) is 0 Å². The number of hydrogen-bond acceptors (Lipinski definition) is 3.